The van der Waals surface area contributed by atoms with E-state index in [0.29, 0.717) is 37.6 Å². The van der Waals surface area contributed by atoms with Crippen molar-refractivity contribution in [3.63, 3.8) is 0 Å². The van der Waals surface area contributed by atoms with Crippen LogP contribution < -0.4 is 10.1 Å². The zero-order valence-electron chi connectivity index (χ0n) is 15.6. The number of aryl methyl sites for hydroxylation is 1. The molecule has 0 atom stereocenters. The average Bonchev–Trinajstić information content (AvgIpc) is 3.15. The topological polar surface area (TPSA) is 73.6 Å². The molecule has 0 aliphatic heterocycles. The maximum absolute atomic E-state index is 11.9. The average molecular weight is 360 g/mol. The first-order valence-electron chi connectivity index (χ1n) is 9.16. The Balaban J connectivity index is 1.66. The summed E-state index contributed by atoms with van der Waals surface area (Å²) >= 11 is 0. The fourth-order valence-electron chi connectivity index (χ4n) is 2.37. The Morgan fingerprint density at radius 3 is 2.69 bits per heavy atom. The minimum Gasteiger partial charge on any atom is -0.497 e. The lowest BCUT2D eigenvalue weighted by atomic mass is 10.2. The third-order valence-electron chi connectivity index (χ3n) is 3.92. The summed E-state index contributed by atoms with van der Waals surface area (Å²) in [5, 5.41) is 2.89. The van der Waals surface area contributed by atoms with Gasteiger partial charge in [-0.1, -0.05) is 13.3 Å². The van der Waals surface area contributed by atoms with E-state index in [1.54, 1.807) is 13.3 Å². The summed E-state index contributed by atoms with van der Waals surface area (Å²) in [6.07, 6.45) is 5.58. The summed E-state index contributed by atoms with van der Waals surface area (Å²) in [6, 6.07) is 7.57. The maximum Gasteiger partial charge on any atom is 0.220 e. The molecule has 0 fully saturated rings. The Labute approximate surface area is 154 Å². The van der Waals surface area contributed by atoms with Gasteiger partial charge in [-0.3, -0.25) is 4.79 Å². The van der Waals surface area contributed by atoms with Gasteiger partial charge in [0.2, 0.25) is 5.91 Å². The van der Waals surface area contributed by atoms with Crippen molar-refractivity contribution in [3.8, 4) is 17.1 Å². The van der Waals surface area contributed by atoms with E-state index in [9.17, 15) is 4.79 Å². The number of hydrogen-bond donors (Lipinski definition) is 1. The van der Waals surface area contributed by atoms with Crippen LogP contribution in [0.25, 0.3) is 11.3 Å². The Bertz CT molecular complexity index is 652. The van der Waals surface area contributed by atoms with Crippen LogP contribution in [0.5, 0.6) is 5.75 Å². The zero-order chi connectivity index (χ0) is 18.6. The third kappa shape index (κ3) is 6.88. The Kier molecular flexibility index (Phi) is 8.69. The number of benzene rings is 1. The Hall–Kier alpha value is -2.34. The molecule has 1 aromatic heterocycles. The summed E-state index contributed by atoms with van der Waals surface area (Å²) in [6.45, 7) is 4.25. The van der Waals surface area contributed by atoms with Crippen molar-refractivity contribution in [3.05, 3.63) is 36.4 Å². The van der Waals surface area contributed by atoms with Gasteiger partial charge in [-0.2, -0.15) is 0 Å². The maximum atomic E-state index is 11.9. The molecule has 0 bridgehead atoms. The van der Waals surface area contributed by atoms with Crippen LogP contribution >= 0.6 is 0 Å². The summed E-state index contributed by atoms with van der Waals surface area (Å²) in [5.74, 6) is 2.05. The predicted molar refractivity (Wildman–Crippen MR) is 100 cm³/mol. The van der Waals surface area contributed by atoms with Gasteiger partial charge in [0.15, 0.2) is 11.7 Å². The van der Waals surface area contributed by atoms with E-state index < -0.39 is 0 Å². The fraction of sp³-hybridized carbons (Fsp3) is 0.500. The summed E-state index contributed by atoms with van der Waals surface area (Å²) in [4.78, 5) is 16.1. The van der Waals surface area contributed by atoms with Crippen LogP contribution in [0.2, 0.25) is 0 Å². The van der Waals surface area contributed by atoms with Crippen LogP contribution in [0, 0.1) is 0 Å². The molecular formula is C20H28N2O4. The van der Waals surface area contributed by atoms with Gasteiger partial charge in [0.25, 0.3) is 0 Å². The van der Waals surface area contributed by atoms with Crippen LogP contribution in [-0.2, 0) is 16.0 Å². The second kappa shape index (κ2) is 11.3. The molecule has 26 heavy (non-hydrogen) atoms. The molecule has 0 spiro atoms. The van der Waals surface area contributed by atoms with Crippen molar-refractivity contribution < 1.29 is 18.7 Å². The molecule has 0 unspecified atom stereocenters. The molecule has 0 aliphatic carbocycles. The van der Waals surface area contributed by atoms with Gasteiger partial charge in [0, 0.05) is 38.2 Å². The van der Waals surface area contributed by atoms with Gasteiger partial charge in [0.05, 0.1) is 13.3 Å². The molecule has 0 aliphatic rings. The number of aromatic nitrogens is 1. The minimum atomic E-state index is 0.00255. The molecule has 2 rings (SSSR count). The summed E-state index contributed by atoms with van der Waals surface area (Å²) < 4.78 is 16.3. The fourth-order valence-corrected chi connectivity index (χ4v) is 2.37. The molecule has 1 aromatic carbocycles. The zero-order valence-corrected chi connectivity index (χ0v) is 15.6. The van der Waals surface area contributed by atoms with Gasteiger partial charge < -0.3 is 19.2 Å². The monoisotopic (exact) mass is 360 g/mol. The summed E-state index contributed by atoms with van der Waals surface area (Å²) in [7, 11) is 1.63. The van der Waals surface area contributed by atoms with Gasteiger partial charge in [-0.25, -0.2) is 4.98 Å². The van der Waals surface area contributed by atoms with Crippen LogP contribution in [0.3, 0.4) is 0 Å². The largest absolute Gasteiger partial charge is 0.497 e. The highest BCUT2D eigenvalue weighted by atomic mass is 16.5. The third-order valence-corrected chi connectivity index (χ3v) is 3.92. The number of hydrogen-bond acceptors (Lipinski definition) is 5. The smallest absolute Gasteiger partial charge is 0.220 e. The van der Waals surface area contributed by atoms with Gasteiger partial charge in [-0.05, 0) is 37.1 Å². The van der Waals surface area contributed by atoms with Crippen molar-refractivity contribution in [2.24, 2.45) is 0 Å². The van der Waals surface area contributed by atoms with Crippen molar-refractivity contribution in [2.45, 2.75) is 39.0 Å². The first-order chi connectivity index (χ1) is 12.7. The number of methoxy groups -OCH3 is 1. The number of amides is 1. The number of nitrogens with zero attached hydrogens (tertiary/aromatic N) is 1. The predicted octanol–water partition coefficient (Wildman–Crippen LogP) is 3.61. The molecule has 0 radical (unpaired) electrons. The van der Waals surface area contributed by atoms with Crippen molar-refractivity contribution in [1.82, 2.24) is 10.3 Å². The van der Waals surface area contributed by atoms with Crippen LogP contribution in [0.1, 0.15) is 38.5 Å². The van der Waals surface area contributed by atoms with Crippen LogP contribution in [0.4, 0.5) is 0 Å². The molecule has 6 nitrogen and oxygen atoms in total. The Morgan fingerprint density at radius 2 is 1.96 bits per heavy atom. The van der Waals surface area contributed by atoms with E-state index in [1.165, 1.54) is 0 Å². The Morgan fingerprint density at radius 1 is 1.19 bits per heavy atom. The van der Waals surface area contributed by atoms with Gasteiger partial charge in [-0.15, -0.1) is 0 Å². The first kappa shape index (κ1) is 20.0. The van der Waals surface area contributed by atoms with E-state index in [2.05, 4.69) is 17.2 Å². The van der Waals surface area contributed by atoms with Crippen molar-refractivity contribution in [2.75, 3.05) is 26.9 Å². The highest BCUT2D eigenvalue weighted by molar-refractivity contribution is 5.76. The molecule has 1 amide bonds. The van der Waals surface area contributed by atoms with Crippen LogP contribution in [0.15, 0.2) is 34.9 Å². The van der Waals surface area contributed by atoms with Crippen LogP contribution in [-0.4, -0.2) is 37.8 Å². The number of rotatable bonds is 12. The number of unbranched alkanes of at least 4 members (excludes halogenated alkanes) is 1. The lowest BCUT2D eigenvalue weighted by Gasteiger charge is -2.05. The number of carbonyl (C=O) groups excluding carboxylic acids is 1. The molecule has 1 N–H and O–H groups in total. The van der Waals surface area contributed by atoms with E-state index >= 15 is 0 Å². The normalized spacial score (nSPS) is 10.7. The van der Waals surface area contributed by atoms with Gasteiger partial charge >= 0.3 is 0 Å². The molecule has 0 saturated heterocycles. The summed E-state index contributed by atoms with van der Waals surface area (Å²) in [5.41, 5.74) is 0.928. The molecule has 142 valence electrons. The van der Waals surface area contributed by atoms with Crippen molar-refractivity contribution >= 4 is 5.91 Å². The quantitative estimate of drug-likeness (QED) is 0.585. The number of oxazole rings is 1. The van der Waals surface area contributed by atoms with E-state index in [0.717, 1.165) is 37.2 Å². The molecule has 6 heteroatoms. The molecule has 2 aromatic rings. The highest BCUT2D eigenvalue weighted by Gasteiger charge is 2.09. The second-order valence-electron chi connectivity index (χ2n) is 6.02. The highest BCUT2D eigenvalue weighted by Crippen LogP contribution is 2.23. The molecule has 0 saturated carbocycles. The van der Waals surface area contributed by atoms with E-state index in [-0.39, 0.29) is 5.91 Å². The second-order valence-corrected chi connectivity index (χ2v) is 6.02. The van der Waals surface area contributed by atoms with Gasteiger partial charge in [0.1, 0.15) is 5.75 Å². The molecule has 1 heterocycles. The SMILES string of the molecule is CCCCOCCCNC(=O)CCc1ncc(-c2ccc(OC)cc2)o1. The first-order valence-corrected chi connectivity index (χ1v) is 9.16. The van der Waals surface area contributed by atoms with Crippen molar-refractivity contribution in [1.29, 1.82) is 0 Å². The van der Waals surface area contributed by atoms with E-state index in [1.807, 2.05) is 24.3 Å². The molecular weight excluding hydrogens is 332 g/mol. The lowest BCUT2D eigenvalue weighted by Crippen LogP contribution is -2.25. The standard InChI is InChI=1S/C20H28N2O4/c1-3-4-13-25-14-5-12-21-19(23)10-11-20-22-15-18(26-20)16-6-8-17(24-2)9-7-16/h6-9,15H,3-5,10-14H2,1-2H3,(H,21,23). The number of carbonyl (C=O) groups is 1. The lowest BCUT2D eigenvalue weighted by molar-refractivity contribution is -0.121. The number of nitrogens with one attached hydrogen (secondary N) is 1. The number of ether oxygens (including phenoxy) is 2. The minimum absolute atomic E-state index is 0.00255. The van der Waals surface area contributed by atoms with E-state index in [4.69, 9.17) is 13.9 Å².